The minimum Gasteiger partial charge on any atom is -0.321 e. The van der Waals surface area contributed by atoms with Gasteiger partial charge in [0, 0.05) is 11.4 Å². The summed E-state index contributed by atoms with van der Waals surface area (Å²) in [6, 6.07) is 10.0. The molecule has 0 unspecified atom stereocenters. The third-order valence-corrected chi connectivity index (χ3v) is 2.80. The Hall–Kier alpha value is -1.06. The molecule has 1 aromatic carbocycles. The van der Waals surface area contributed by atoms with Crippen molar-refractivity contribution in [2.24, 2.45) is 10.7 Å². The Balaban J connectivity index is 2.13. The van der Waals surface area contributed by atoms with Crippen molar-refractivity contribution in [2.45, 2.75) is 6.04 Å². The molecule has 1 aliphatic rings. The van der Waals surface area contributed by atoms with Crippen LogP contribution in [-0.2, 0) is 0 Å². The van der Waals surface area contributed by atoms with E-state index in [9.17, 15) is 0 Å². The van der Waals surface area contributed by atoms with Gasteiger partial charge in [0.15, 0.2) is 0 Å². The van der Waals surface area contributed by atoms with E-state index in [4.69, 9.17) is 5.73 Å². The van der Waals surface area contributed by atoms with Crippen molar-refractivity contribution in [3.63, 3.8) is 0 Å². The van der Waals surface area contributed by atoms with Crippen LogP contribution in [0.1, 0.15) is 11.6 Å². The summed E-state index contributed by atoms with van der Waals surface area (Å²) in [6.45, 7) is 0. The molecule has 0 saturated carbocycles. The number of nitrogens with zero attached hydrogens (tertiary/aromatic N) is 1. The van der Waals surface area contributed by atoms with Crippen LogP contribution >= 0.6 is 11.8 Å². The Morgan fingerprint density at radius 3 is 2.79 bits per heavy atom. The normalized spacial score (nSPS) is 20.2. The van der Waals surface area contributed by atoms with Crippen molar-refractivity contribution in [2.75, 3.05) is 5.75 Å². The summed E-state index contributed by atoms with van der Waals surface area (Å²) >= 11 is 1.70. The lowest BCUT2D eigenvalue weighted by Crippen LogP contribution is -2.07. The van der Waals surface area contributed by atoms with Crippen molar-refractivity contribution >= 4 is 17.3 Å². The van der Waals surface area contributed by atoms with Crippen molar-refractivity contribution < 1.29 is 0 Å². The first-order chi connectivity index (χ1) is 6.86. The Bertz CT molecular complexity index is 357. The predicted molar refractivity (Wildman–Crippen MR) is 62.4 cm³/mol. The number of benzene rings is 1. The van der Waals surface area contributed by atoms with Crippen LogP contribution in [0.4, 0.5) is 0 Å². The molecule has 0 amide bonds. The van der Waals surface area contributed by atoms with E-state index in [0.29, 0.717) is 0 Å². The lowest BCUT2D eigenvalue weighted by atomic mass is 10.1. The molecule has 3 heteroatoms. The van der Waals surface area contributed by atoms with E-state index in [2.05, 4.69) is 4.99 Å². The predicted octanol–water partition coefficient (Wildman–Crippen LogP) is 2.35. The van der Waals surface area contributed by atoms with Crippen LogP contribution in [0.5, 0.6) is 0 Å². The molecule has 2 N–H and O–H groups in total. The molecule has 0 aromatic heterocycles. The van der Waals surface area contributed by atoms with Crippen LogP contribution < -0.4 is 5.73 Å². The molecule has 2 rings (SSSR count). The largest absolute Gasteiger partial charge is 0.321 e. The molecule has 14 heavy (non-hydrogen) atoms. The van der Waals surface area contributed by atoms with Gasteiger partial charge in [0.05, 0.1) is 11.6 Å². The zero-order valence-electron chi connectivity index (χ0n) is 7.76. The van der Waals surface area contributed by atoms with Gasteiger partial charge in [0.2, 0.25) is 0 Å². The van der Waals surface area contributed by atoms with E-state index >= 15 is 0 Å². The maximum absolute atomic E-state index is 6.02. The second kappa shape index (κ2) is 4.44. The highest BCUT2D eigenvalue weighted by atomic mass is 32.2. The SMILES string of the molecule is N[C@@H](C=C1CSC=N1)c1ccccc1. The fourth-order valence-electron chi connectivity index (χ4n) is 1.33. The molecule has 0 aliphatic carbocycles. The first-order valence-electron chi connectivity index (χ1n) is 4.51. The summed E-state index contributed by atoms with van der Waals surface area (Å²) in [7, 11) is 0. The molecular formula is C11H12N2S. The van der Waals surface area contributed by atoms with Gasteiger partial charge in [-0.05, 0) is 11.6 Å². The van der Waals surface area contributed by atoms with Gasteiger partial charge in [-0.25, -0.2) is 0 Å². The van der Waals surface area contributed by atoms with Crippen molar-refractivity contribution in [1.82, 2.24) is 0 Å². The third kappa shape index (κ3) is 2.25. The van der Waals surface area contributed by atoms with Gasteiger partial charge in [-0.15, -0.1) is 11.8 Å². The molecule has 1 atom stereocenters. The monoisotopic (exact) mass is 204 g/mol. The lowest BCUT2D eigenvalue weighted by molar-refractivity contribution is 0.898. The second-order valence-corrected chi connectivity index (χ2v) is 3.97. The zero-order valence-corrected chi connectivity index (χ0v) is 8.58. The van der Waals surface area contributed by atoms with E-state index < -0.39 is 0 Å². The summed E-state index contributed by atoms with van der Waals surface area (Å²) in [5.74, 6) is 0.945. The van der Waals surface area contributed by atoms with E-state index in [-0.39, 0.29) is 6.04 Å². The Labute approximate surface area is 87.9 Å². The van der Waals surface area contributed by atoms with Gasteiger partial charge >= 0.3 is 0 Å². The van der Waals surface area contributed by atoms with Crippen molar-refractivity contribution in [3.8, 4) is 0 Å². The van der Waals surface area contributed by atoms with E-state index in [1.165, 1.54) is 0 Å². The van der Waals surface area contributed by atoms with Gasteiger partial charge in [0.25, 0.3) is 0 Å². The highest BCUT2D eigenvalue weighted by Crippen LogP contribution is 2.19. The first-order valence-corrected chi connectivity index (χ1v) is 5.56. The van der Waals surface area contributed by atoms with Crippen LogP contribution in [0.2, 0.25) is 0 Å². The molecule has 72 valence electrons. The number of hydrogen-bond acceptors (Lipinski definition) is 3. The van der Waals surface area contributed by atoms with E-state index in [1.807, 2.05) is 42.0 Å². The molecular weight excluding hydrogens is 192 g/mol. The lowest BCUT2D eigenvalue weighted by Gasteiger charge is -2.06. The quantitative estimate of drug-likeness (QED) is 0.803. The second-order valence-electron chi connectivity index (χ2n) is 3.14. The highest BCUT2D eigenvalue weighted by molar-refractivity contribution is 8.12. The number of aliphatic imine (C=N–C) groups is 1. The zero-order chi connectivity index (χ0) is 9.80. The summed E-state index contributed by atoms with van der Waals surface area (Å²) in [6.07, 6.45) is 2.02. The molecule has 0 bridgehead atoms. The van der Waals surface area contributed by atoms with Gasteiger partial charge in [-0.2, -0.15) is 0 Å². The van der Waals surface area contributed by atoms with E-state index in [1.54, 1.807) is 11.8 Å². The summed E-state index contributed by atoms with van der Waals surface area (Å²) < 4.78 is 0. The maximum atomic E-state index is 6.02. The fourth-order valence-corrected chi connectivity index (χ4v) is 1.96. The average molecular weight is 204 g/mol. The van der Waals surface area contributed by atoms with Crippen LogP contribution in [0.15, 0.2) is 47.1 Å². The summed E-state index contributed by atoms with van der Waals surface area (Å²) in [4.78, 5) is 4.22. The average Bonchev–Trinajstić information content (AvgIpc) is 2.72. The van der Waals surface area contributed by atoms with Gasteiger partial charge < -0.3 is 5.73 Å². The Kier molecular flexibility index (Phi) is 3.01. The highest BCUT2D eigenvalue weighted by Gasteiger charge is 2.06. The van der Waals surface area contributed by atoms with Gasteiger partial charge in [-0.3, -0.25) is 4.99 Å². The van der Waals surface area contributed by atoms with Crippen LogP contribution in [0, 0.1) is 0 Å². The number of rotatable bonds is 2. The molecule has 1 aromatic rings. The fraction of sp³-hybridized carbons (Fsp3) is 0.182. The van der Waals surface area contributed by atoms with E-state index in [0.717, 1.165) is 17.0 Å². The summed E-state index contributed by atoms with van der Waals surface area (Å²) in [5.41, 5.74) is 10.1. The standard InChI is InChI=1S/C11H12N2S/c12-11(6-10-7-14-8-13-10)9-4-2-1-3-5-9/h1-6,8,11H,7,12H2/t11-/m0/s1. The molecule has 0 saturated heterocycles. The minimum absolute atomic E-state index is 0.0398. The molecule has 1 aliphatic heterocycles. The van der Waals surface area contributed by atoms with Crippen molar-refractivity contribution in [3.05, 3.63) is 47.7 Å². The van der Waals surface area contributed by atoms with Crippen molar-refractivity contribution in [1.29, 1.82) is 0 Å². The number of thioether (sulfide) groups is 1. The Morgan fingerprint density at radius 2 is 2.14 bits per heavy atom. The smallest absolute Gasteiger partial charge is 0.0604 e. The minimum atomic E-state index is -0.0398. The molecule has 1 heterocycles. The summed E-state index contributed by atoms with van der Waals surface area (Å²) in [5, 5.41) is 0. The van der Waals surface area contributed by atoms with Crippen LogP contribution in [0.3, 0.4) is 0 Å². The molecule has 0 fully saturated rings. The number of nitrogens with two attached hydrogens (primary N) is 1. The molecule has 2 nitrogen and oxygen atoms in total. The molecule has 0 spiro atoms. The Morgan fingerprint density at radius 1 is 1.36 bits per heavy atom. The van der Waals surface area contributed by atoms with Gasteiger partial charge in [-0.1, -0.05) is 30.3 Å². The van der Waals surface area contributed by atoms with Gasteiger partial charge in [0.1, 0.15) is 0 Å². The first kappa shape index (κ1) is 9.49. The topological polar surface area (TPSA) is 38.4 Å². The maximum Gasteiger partial charge on any atom is 0.0604 e. The molecule has 0 radical (unpaired) electrons. The number of hydrogen-bond donors (Lipinski definition) is 1. The third-order valence-electron chi connectivity index (χ3n) is 2.08. The van der Waals surface area contributed by atoms with Crippen LogP contribution in [0.25, 0.3) is 0 Å². The van der Waals surface area contributed by atoms with Crippen LogP contribution in [-0.4, -0.2) is 11.3 Å².